The molecule has 0 fully saturated rings. The van der Waals surface area contributed by atoms with E-state index >= 15 is 0 Å². The predicted octanol–water partition coefficient (Wildman–Crippen LogP) is 4.21. The van der Waals surface area contributed by atoms with Crippen LogP contribution in [0.15, 0.2) is 36.4 Å². The predicted molar refractivity (Wildman–Crippen MR) is 75.8 cm³/mol. The van der Waals surface area contributed by atoms with E-state index in [0.717, 1.165) is 23.4 Å². The summed E-state index contributed by atoms with van der Waals surface area (Å²) in [6.07, 6.45) is 1.97. The van der Waals surface area contributed by atoms with Gasteiger partial charge in [-0.1, -0.05) is 30.7 Å². The Morgan fingerprint density at radius 2 is 2.00 bits per heavy atom. The molecule has 0 aliphatic carbocycles. The molecule has 3 heteroatoms. The monoisotopic (exact) mass is 265 g/mol. The Kier molecular flexibility index (Phi) is 4.21. The number of thiophene rings is 1. The Morgan fingerprint density at radius 3 is 2.65 bits per heavy atom. The minimum atomic E-state index is 0.0251. The van der Waals surface area contributed by atoms with Crippen molar-refractivity contribution >= 4 is 22.9 Å². The van der Waals surface area contributed by atoms with E-state index in [1.807, 2.05) is 35.6 Å². The first-order valence-electron chi connectivity index (χ1n) is 5.77. The van der Waals surface area contributed by atoms with Crippen LogP contribution in [0.3, 0.4) is 0 Å². The molecule has 0 saturated carbocycles. The van der Waals surface area contributed by atoms with E-state index in [2.05, 4.69) is 19.1 Å². The lowest BCUT2D eigenvalue weighted by molar-refractivity contribution is 0.730. The molecule has 1 unspecified atom stereocenters. The van der Waals surface area contributed by atoms with Gasteiger partial charge in [0.1, 0.15) is 0 Å². The van der Waals surface area contributed by atoms with Crippen LogP contribution in [-0.4, -0.2) is 0 Å². The SMILES string of the molecule is CCc1ccc(CC(N)c2cccc(Cl)c2)s1. The summed E-state index contributed by atoms with van der Waals surface area (Å²) in [6, 6.07) is 12.2. The van der Waals surface area contributed by atoms with E-state index in [-0.39, 0.29) is 6.04 Å². The highest BCUT2D eigenvalue weighted by atomic mass is 35.5. The van der Waals surface area contributed by atoms with Gasteiger partial charge >= 0.3 is 0 Å². The first kappa shape index (κ1) is 12.6. The fraction of sp³-hybridized carbons (Fsp3) is 0.286. The van der Waals surface area contributed by atoms with Crippen molar-refractivity contribution in [2.24, 2.45) is 5.73 Å². The van der Waals surface area contributed by atoms with E-state index < -0.39 is 0 Å². The fourth-order valence-corrected chi connectivity index (χ4v) is 3.01. The van der Waals surface area contributed by atoms with Crippen LogP contribution < -0.4 is 5.73 Å². The largest absolute Gasteiger partial charge is 0.324 e. The van der Waals surface area contributed by atoms with Gasteiger partial charge in [0.15, 0.2) is 0 Å². The van der Waals surface area contributed by atoms with Gasteiger partial charge in [0.25, 0.3) is 0 Å². The summed E-state index contributed by atoms with van der Waals surface area (Å²) < 4.78 is 0. The van der Waals surface area contributed by atoms with Crippen molar-refractivity contribution in [1.82, 2.24) is 0 Å². The van der Waals surface area contributed by atoms with Crippen molar-refractivity contribution in [2.45, 2.75) is 25.8 Å². The highest BCUT2D eigenvalue weighted by Crippen LogP contribution is 2.24. The molecule has 2 rings (SSSR count). The lowest BCUT2D eigenvalue weighted by Gasteiger charge is -2.10. The van der Waals surface area contributed by atoms with Crippen LogP contribution in [0.1, 0.15) is 28.3 Å². The summed E-state index contributed by atoms with van der Waals surface area (Å²) in [5, 5.41) is 0.748. The van der Waals surface area contributed by atoms with Crippen LogP contribution >= 0.6 is 22.9 Å². The molecule has 0 spiro atoms. The van der Waals surface area contributed by atoms with Crippen molar-refractivity contribution in [3.05, 3.63) is 56.7 Å². The lowest BCUT2D eigenvalue weighted by Crippen LogP contribution is -2.12. The van der Waals surface area contributed by atoms with E-state index in [4.69, 9.17) is 17.3 Å². The summed E-state index contributed by atoms with van der Waals surface area (Å²) in [5.41, 5.74) is 7.30. The fourth-order valence-electron chi connectivity index (χ4n) is 1.79. The molecule has 0 saturated heterocycles. The average molecular weight is 266 g/mol. The minimum absolute atomic E-state index is 0.0251. The molecular formula is C14H16ClNS. The Labute approximate surface area is 111 Å². The van der Waals surface area contributed by atoms with Crippen LogP contribution in [-0.2, 0) is 12.8 Å². The molecule has 2 aromatic rings. The Hall–Kier alpha value is -0.830. The van der Waals surface area contributed by atoms with Gasteiger partial charge in [0.05, 0.1) is 0 Å². The zero-order valence-electron chi connectivity index (χ0n) is 9.82. The molecule has 17 heavy (non-hydrogen) atoms. The summed E-state index contributed by atoms with van der Waals surface area (Å²) >= 11 is 7.81. The third-order valence-corrected chi connectivity index (χ3v) is 4.25. The zero-order chi connectivity index (χ0) is 12.3. The van der Waals surface area contributed by atoms with Gasteiger partial charge in [-0.2, -0.15) is 0 Å². The molecule has 0 bridgehead atoms. The van der Waals surface area contributed by atoms with Crippen molar-refractivity contribution in [3.8, 4) is 0 Å². The number of benzene rings is 1. The van der Waals surface area contributed by atoms with Crippen molar-refractivity contribution in [2.75, 3.05) is 0 Å². The first-order chi connectivity index (χ1) is 8.19. The topological polar surface area (TPSA) is 26.0 Å². The highest BCUT2D eigenvalue weighted by molar-refractivity contribution is 7.11. The van der Waals surface area contributed by atoms with Crippen molar-refractivity contribution in [1.29, 1.82) is 0 Å². The van der Waals surface area contributed by atoms with Gasteiger partial charge in [-0.3, -0.25) is 0 Å². The Morgan fingerprint density at radius 1 is 1.24 bits per heavy atom. The number of hydrogen-bond donors (Lipinski definition) is 1. The smallest absolute Gasteiger partial charge is 0.0409 e. The number of rotatable bonds is 4. The molecule has 1 aromatic heterocycles. The second kappa shape index (κ2) is 5.67. The molecule has 0 aliphatic rings. The van der Waals surface area contributed by atoms with Crippen LogP contribution in [0, 0.1) is 0 Å². The summed E-state index contributed by atoms with van der Waals surface area (Å²) in [4.78, 5) is 2.76. The zero-order valence-corrected chi connectivity index (χ0v) is 11.4. The molecule has 2 N–H and O–H groups in total. The third-order valence-electron chi connectivity index (χ3n) is 2.76. The van der Waals surface area contributed by atoms with E-state index in [0.29, 0.717) is 0 Å². The summed E-state index contributed by atoms with van der Waals surface area (Å²) in [7, 11) is 0. The molecule has 90 valence electrons. The van der Waals surface area contributed by atoms with Gasteiger partial charge in [0.2, 0.25) is 0 Å². The highest BCUT2D eigenvalue weighted by Gasteiger charge is 2.09. The molecule has 0 aliphatic heterocycles. The third kappa shape index (κ3) is 3.32. The number of hydrogen-bond acceptors (Lipinski definition) is 2. The first-order valence-corrected chi connectivity index (χ1v) is 6.97. The maximum absolute atomic E-state index is 6.19. The molecule has 0 radical (unpaired) electrons. The van der Waals surface area contributed by atoms with E-state index in [1.54, 1.807) is 0 Å². The Bertz CT molecular complexity index is 492. The van der Waals surface area contributed by atoms with Crippen molar-refractivity contribution in [3.63, 3.8) is 0 Å². The minimum Gasteiger partial charge on any atom is -0.324 e. The van der Waals surface area contributed by atoms with Crippen LogP contribution in [0.25, 0.3) is 0 Å². The maximum atomic E-state index is 6.19. The van der Waals surface area contributed by atoms with Gasteiger partial charge in [0, 0.05) is 27.2 Å². The number of nitrogens with two attached hydrogens (primary N) is 1. The van der Waals surface area contributed by atoms with Gasteiger partial charge in [-0.25, -0.2) is 0 Å². The van der Waals surface area contributed by atoms with Gasteiger partial charge in [-0.15, -0.1) is 11.3 Å². The Balaban J connectivity index is 2.08. The summed E-state index contributed by atoms with van der Waals surface area (Å²) in [5.74, 6) is 0. The van der Waals surface area contributed by atoms with Crippen LogP contribution in [0.5, 0.6) is 0 Å². The lowest BCUT2D eigenvalue weighted by atomic mass is 10.0. The normalized spacial score (nSPS) is 12.6. The quantitative estimate of drug-likeness (QED) is 0.881. The van der Waals surface area contributed by atoms with Gasteiger partial charge < -0.3 is 5.73 Å². The number of aryl methyl sites for hydroxylation is 1. The van der Waals surface area contributed by atoms with E-state index in [1.165, 1.54) is 9.75 Å². The second-order valence-electron chi connectivity index (χ2n) is 4.09. The van der Waals surface area contributed by atoms with Gasteiger partial charge in [-0.05, 0) is 36.2 Å². The van der Waals surface area contributed by atoms with Crippen LogP contribution in [0.4, 0.5) is 0 Å². The molecule has 1 atom stereocenters. The van der Waals surface area contributed by atoms with Crippen molar-refractivity contribution < 1.29 is 0 Å². The average Bonchev–Trinajstić information content (AvgIpc) is 2.77. The van der Waals surface area contributed by atoms with E-state index in [9.17, 15) is 0 Å². The molecule has 1 nitrogen and oxygen atoms in total. The molecular weight excluding hydrogens is 250 g/mol. The standard InChI is InChI=1S/C14H16ClNS/c1-2-12-6-7-13(17-12)9-14(16)10-4-3-5-11(15)8-10/h3-8,14H,2,9,16H2,1H3. The van der Waals surface area contributed by atoms with Crippen LogP contribution in [0.2, 0.25) is 5.02 Å². The summed E-state index contributed by atoms with van der Waals surface area (Å²) in [6.45, 7) is 2.17. The molecule has 0 amide bonds. The second-order valence-corrected chi connectivity index (χ2v) is 5.78. The molecule has 1 aromatic carbocycles. The number of halogens is 1. The maximum Gasteiger partial charge on any atom is 0.0409 e. The molecule has 1 heterocycles.